The first-order valence-electron chi connectivity index (χ1n) is 5.91. The van der Waals surface area contributed by atoms with Gasteiger partial charge in [-0.2, -0.15) is 17.0 Å². The third kappa shape index (κ3) is 7.01. The summed E-state index contributed by atoms with van der Waals surface area (Å²) in [6.07, 6.45) is 3.40. The molecule has 0 saturated carbocycles. The van der Waals surface area contributed by atoms with Gasteiger partial charge in [0.15, 0.2) is 0 Å². The molecule has 3 N–H and O–H groups in total. The summed E-state index contributed by atoms with van der Waals surface area (Å²) in [5, 5.41) is 29.0. The highest BCUT2D eigenvalue weighted by Gasteiger charge is 2.21. The lowest BCUT2D eigenvalue weighted by Gasteiger charge is -2.15. The van der Waals surface area contributed by atoms with Crippen LogP contribution < -0.4 is 5.32 Å². The zero-order chi connectivity index (χ0) is 15.5. The fourth-order valence-corrected chi connectivity index (χ4v) is 1.78. The summed E-state index contributed by atoms with van der Waals surface area (Å²) >= 11 is 1.48. The number of carbonyl (C=O) groups is 2. The van der Waals surface area contributed by atoms with Crippen molar-refractivity contribution in [2.45, 2.75) is 12.5 Å². The molecule has 0 rings (SSSR count). The summed E-state index contributed by atoms with van der Waals surface area (Å²) in [6, 6.07) is 0.700. The molecule has 0 aliphatic rings. The molecular weight excluding hydrogens is 282 g/mol. The van der Waals surface area contributed by atoms with Gasteiger partial charge in [-0.05, 0) is 18.4 Å². The Bertz CT molecular complexity index is 406. The molecule has 0 heterocycles. The van der Waals surface area contributed by atoms with Gasteiger partial charge in [-0.3, -0.25) is 4.79 Å². The van der Waals surface area contributed by atoms with E-state index in [4.69, 9.17) is 15.5 Å². The number of nitrogens with one attached hydrogen (secondary N) is 1. The van der Waals surface area contributed by atoms with Gasteiger partial charge in [0.2, 0.25) is 0 Å². The van der Waals surface area contributed by atoms with Gasteiger partial charge >= 0.3 is 5.97 Å². The highest BCUT2D eigenvalue weighted by Crippen LogP contribution is 2.03. The smallest absolute Gasteiger partial charge is 0.326 e. The first-order chi connectivity index (χ1) is 9.46. The lowest BCUT2D eigenvalue weighted by Crippen LogP contribution is -2.42. The van der Waals surface area contributed by atoms with Crippen LogP contribution in [0.25, 0.3) is 0 Å². The number of aliphatic carboxylic acids is 1. The van der Waals surface area contributed by atoms with Crippen molar-refractivity contribution in [3.8, 4) is 6.07 Å². The highest BCUT2D eigenvalue weighted by atomic mass is 32.2. The van der Waals surface area contributed by atoms with Gasteiger partial charge in [0, 0.05) is 19.8 Å². The van der Waals surface area contributed by atoms with E-state index in [0.29, 0.717) is 5.75 Å². The number of amides is 1. The van der Waals surface area contributed by atoms with Gasteiger partial charge in [0.1, 0.15) is 17.7 Å². The Hall–Kier alpha value is -1.72. The van der Waals surface area contributed by atoms with Crippen LogP contribution in [-0.4, -0.2) is 65.2 Å². The summed E-state index contributed by atoms with van der Waals surface area (Å²) in [5.74, 6) is -1.27. The molecule has 1 atom stereocenters. The zero-order valence-corrected chi connectivity index (χ0v) is 12.3. The molecular formula is C12H19N3O4S. The third-order valence-corrected chi connectivity index (χ3v) is 3.03. The first-order valence-corrected chi connectivity index (χ1v) is 7.31. The molecule has 0 saturated heterocycles. The minimum atomic E-state index is -1.13. The fourth-order valence-electron chi connectivity index (χ4n) is 1.31. The van der Waals surface area contributed by atoms with Crippen LogP contribution >= 0.6 is 11.8 Å². The molecule has 0 bridgehead atoms. The summed E-state index contributed by atoms with van der Waals surface area (Å²) in [4.78, 5) is 24.3. The van der Waals surface area contributed by atoms with Crippen molar-refractivity contribution < 1.29 is 19.8 Å². The van der Waals surface area contributed by atoms with Gasteiger partial charge in [0.25, 0.3) is 5.91 Å². The van der Waals surface area contributed by atoms with E-state index in [0.717, 1.165) is 0 Å². The lowest BCUT2D eigenvalue weighted by atomic mass is 10.2. The molecule has 0 radical (unpaired) electrons. The molecule has 0 aliphatic heterocycles. The van der Waals surface area contributed by atoms with E-state index < -0.39 is 17.9 Å². The number of thioether (sulfide) groups is 1. The van der Waals surface area contributed by atoms with E-state index in [1.165, 1.54) is 22.9 Å². The number of hydrogen-bond acceptors (Lipinski definition) is 6. The number of nitrogens with zero attached hydrogens (tertiary/aromatic N) is 2. The summed E-state index contributed by atoms with van der Waals surface area (Å²) in [5.41, 5.74) is -0.198. The number of carboxylic acids is 1. The van der Waals surface area contributed by atoms with E-state index in [2.05, 4.69) is 5.32 Å². The Morgan fingerprint density at radius 2 is 2.20 bits per heavy atom. The quantitative estimate of drug-likeness (QED) is 0.393. The molecule has 1 amide bonds. The van der Waals surface area contributed by atoms with Crippen molar-refractivity contribution in [3.05, 3.63) is 11.8 Å². The SMILES string of the molecule is CSCCC(NC(=O)/C(C#N)=C\N(C)CCO)C(=O)O. The average molecular weight is 301 g/mol. The van der Waals surface area contributed by atoms with Crippen LogP contribution in [0.15, 0.2) is 11.8 Å². The largest absolute Gasteiger partial charge is 0.480 e. The van der Waals surface area contributed by atoms with Crippen LogP contribution in [0.5, 0.6) is 0 Å². The van der Waals surface area contributed by atoms with E-state index in [-0.39, 0.29) is 25.1 Å². The number of nitriles is 1. The predicted molar refractivity (Wildman–Crippen MR) is 76.0 cm³/mol. The molecule has 0 aromatic rings. The van der Waals surface area contributed by atoms with Crippen LogP contribution in [-0.2, 0) is 9.59 Å². The maximum absolute atomic E-state index is 11.8. The maximum atomic E-state index is 11.8. The molecule has 0 spiro atoms. The fraction of sp³-hybridized carbons (Fsp3) is 0.583. The molecule has 0 fully saturated rings. The topological polar surface area (TPSA) is 114 Å². The second kappa shape index (κ2) is 10.1. The molecule has 7 nitrogen and oxygen atoms in total. The van der Waals surface area contributed by atoms with Gasteiger partial charge in [0.05, 0.1) is 6.61 Å². The van der Waals surface area contributed by atoms with Gasteiger partial charge in [-0.1, -0.05) is 0 Å². The van der Waals surface area contributed by atoms with Crippen LogP contribution in [0.4, 0.5) is 0 Å². The van der Waals surface area contributed by atoms with E-state index in [1.807, 2.05) is 6.26 Å². The Morgan fingerprint density at radius 3 is 2.65 bits per heavy atom. The van der Waals surface area contributed by atoms with E-state index in [1.54, 1.807) is 13.1 Å². The van der Waals surface area contributed by atoms with Gasteiger partial charge in [-0.15, -0.1) is 0 Å². The number of hydrogen-bond donors (Lipinski definition) is 3. The Labute approximate surface area is 122 Å². The lowest BCUT2D eigenvalue weighted by molar-refractivity contribution is -0.141. The molecule has 0 aliphatic carbocycles. The monoisotopic (exact) mass is 301 g/mol. The van der Waals surface area contributed by atoms with Crippen LogP contribution in [0, 0.1) is 11.3 Å². The summed E-state index contributed by atoms with van der Waals surface area (Å²) in [6.45, 7) is 0.159. The number of aliphatic hydroxyl groups is 1. The summed E-state index contributed by atoms with van der Waals surface area (Å²) in [7, 11) is 1.60. The molecule has 20 heavy (non-hydrogen) atoms. The van der Waals surface area contributed by atoms with Crippen molar-refractivity contribution in [1.82, 2.24) is 10.2 Å². The number of aliphatic hydroxyl groups excluding tert-OH is 1. The second-order valence-corrected chi connectivity index (χ2v) is 4.99. The van der Waals surface area contributed by atoms with Crippen molar-refractivity contribution in [2.75, 3.05) is 32.2 Å². The standard InChI is InChI=1S/C12H19N3O4S/c1-15(4-5-16)8-9(7-13)11(17)14-10(12(18)19)3-6-20-2/h8,10,16H,3-6H2,1-2H3,(H,14,17)(H,18,19)/b9-8-. The van der Waals surface area contributed by atoms with Gasteiger partial charge in [-0.25, -0.2) is 4.79 Å². The minimum Gasteiger partial charge on any atom is -0.480 e. The zero-order valence-electron chi connectivity index (χ0n) is 11.5. The van der Waals surface area contributed by atoms with Crippen LogP contribution in [0.3, 0.4) is 0 Å². The second-order valence-electron chi connectivity index (χ2n) is 4.00. The first kappa shape index (κ1) is 18.3. The molecule has 112 valence electrons. The molecule has 0 aromatic carbocycles. The minimum absolute atomic E-state index is 0.112. The maximum Gasteiger partial charge on any atom is 0.326 e. The molecule has 8 heteroatoms. The van der Waals surface area contributed by atoms with E-state index in [9.17, 15) is 9.59 Å². The van der Waals surface area contributed by atoms with Crippen molar-refractivity contribution >= 4 is 23.6 Å². The van der Waals surface area contributed by atoms with Crippen LogP contribution in [0.2, 0.25) is 0 Å². The normalized spacial score (nSPS) is 12.4. The van der Waals surface area contributed by atoms with Crippen molar-refractivity contribution in [3.63, 3.8) is 0 Å². The Balaban J connectivity index is 4.75. The number of rotatable bonds is 9. The Morgan fingerprint density at radius 1 is 1.55 bits per heavy atom. The van der Waals surface area contributed by atoms with Crippen molar-refractivity contribution in [2.24, 2.45) is 0 Å². The average Bonchev–Trinajstić information content (AvgIpc) is 2.40. The van der Waals surface area contributed by atoms with Gasteiger partial charge < -0.3 is 20.4 Å². The Kier molecular flexibility index (Phi) is 9.24. The summed E-state index contributed by atoms with van der Waals surface area (Å²) < 4.78 is 0. The molecule has 0 aromatic heterocycles. The third-order valence-electron chi connectivity index (χ3n) is 2.38. The van der Waals surface area contributed by atoms with E-state index >= 15 is 0 Å². The van der Waals surface area contributed by atoms with Crippen molar-refractivity contribution in [1.29, 1.82) is 5.26 Å². The van der Waals surface area contributed by atoms with Crippen LogP contribution in [0.1, 0.15) is 6.42 Å². The number of carbonyl (C=O) groups excluding carboxylic acids is 1. The number of likely N-dealkylation sites (N-methyl/N-ethyl adjacent to an activating group) is 1. The number of carboxylic acid groups (broad SMARTS) is 1. The predicted octanol–water partition coefficient (Wildman–Crippen LogP) is -0.360. The highest BCUT2D eigenvalue weighted by molar-refractivity contribution is 7.98. The molecule has 1 unspecified atom stereocenters.